The number of nitrogens with zero attached hydrogens (tertiary/aromatic N) is 5. The van der Waals surface area contributed by atoms with E-state index in [2.05, 4.69) is 27.5 Å². The zero-order valence-electron chi connectivity index (χ0n) is 16.4. The number of fused-ring (bicyclic) bond motifs is 1. The fraction of sp³-hybridized carbons (Fsp3) is 0.333. The molecule has 29 heavy (non-hydrogen) atoms. The van der Waals surface area contributed by atoms with Crippen molar-refractivity contribution in [3.8, 4) is 0 Å². The third-order valence-electron chi connectivity index (χ3n) is 4.97. The normalized spacial score (nSPS) is 13.2. The van der Waals surface area contributed by atoms with Crippen LogP contribution in [0.25, 0.3) is 0 Å². The summed E-state index contributed by atoms with van der Waals surface area (Å²) >= 11 is 0. The molecule has 3 aromatic rings. The maximum Gasteiger partial charge on any atom is 0.322 e. The first kappa shape index (κ1) is 19.1. The van der Waals surface area contributed by atoms with Crippen LogP contribution >= 0.6 is 0 Å². The van der Waals surface area contributed by atoms with Gasteiger partial charge in [0.05, 0.1) is 32.0 Å². The van der Waals surface area contributed by atoms with Crippen LogP contribution < -0.4 is 5.32 Å². The van der Waals surface area contributed by atoms with E-state index in [1.54, 1.807) is 17.3 Å². The lowest BCUT2D eigenvalue weighted by molar-refractivity contribution is 0.103. The summed E-state index contributed by atoms with van der Waals surface area (Å²) in [6.45, 7) is 4.57. The Balaban J connectivity index is 1.35. The number of amides is 2. The molecule has 8 heteroatoms. The highest BCUT2D eigenvalue weighted by atomic mass is 16.5. The first-order chi connectivity index (χ1) is 14.2. The highest BCUT2D eigenvalue weighted by Crippen LogP contribution is 2.18. The molecular weight excluding hydrogens is 368 g/mol. The van der Waals surface area contributed by atoms with E-state index in [9.17, 15) is 4.79 Å². The van der Waals surface area contributed by atoms with Gasteiger partial charge in [-0.2, -0.15) is 0 Å². The lowest BCUT2D eigenvalue weighted by atomic mass is 10.1. The SMILES string of the molecule is CCc1ccc(NC(=O)N2CCn3nnc(COCc4cccnc4)c3C2)cc1. The van der Waals surface area contributed by atoms with Crippen LogP contribution in [0.5, 0.6) is 0 Å². The number of carbonyl (C=O) groups excluding carboxylic acids is 1. The molecule has 0 unspecified atom stereocenters. The van der Waals surface area contributed by atoms with Crippen LogP contribution in [-0.2, 0) is 37.5 Å². The van der Waals surface area contributed by atoms with Gasteiger partial charge in [-0.05, 0) is 35.7 Å². The molecular formula is C21H24N6O2. The van der Waals surface area contributed by atoms with Gasteiger partial charge in [-0.1, -0.05) is 30.3 Å². The summed E-state index contributed by atoms with van der Waals surface area (Å²) in [4.78, 5) is 18.5. The van der Waals surface area contributed by atoms with Crippen LogP contribution in [0.1, 0.15) is 29.4 Å². The molecule has 3 heterocycles. The quantitative estimate of drug-likeness (QED) is 0.697. The largest absolute Gasteiger partial charge is 0.370 e. The summed E-state index contributed by atoms with van der Waals surface area (Å²) in [5, 5.41) is 11.4. The molecule has 4 rings (SSSR count). The van der Waals surface area contributed by atoms with Gasteiger partial charge in [0.2, 0.25) is 0 Å². The summed E-state index contributed by atoms with van der Waals surface area (Å²) in [5.41, 5.74) is 4.72. The van der Waals surface area contributed by atoms with Crippen LogP contribution in [0.3, 0.4) is 0 Å². The molecule has 1 N–H and O–H groups in total. The van der Waals surface area contributed by atoms with Crippen LogP contribution in [-0.4, -0.2) is 37.5 Å². The van der Waals surface area contributed by atoms with Crippen molar-refractivity contribution in [2.24, 2.45) is 0 Å². The Hall–Kier alpha value is -3.26. The number of carbonyl (C=O) groups is 1. The molecule has 2 amide bonds. The monoisotopic (exact) mass is 392 g/mol. The Bertz CT molecular complexity index is 955. The van der Waals surface area contributed by atoms with Gasteiger partial charge >= 0.3 is 6.03 Å². The molecule has 0 saturated heterocycles. The number of pyridine rings is 1. The second kappa shape index (κ2) is 8.83. The van der Waals surface area contributed by atoms with E-state index in [4.69, 9.17) is 4.74 Å². The number of ether oxygens (including phenoxy) is 1. The summed E-state index contributed by atoms with van der Waals surface area (Å²) in [7, 11) is 0. The Kier molecular flexibility index (Phi) is 5.81. The fourth-order valence-electron chi connectivity index (χ4n) is 3.26. The maximum atomic E-state index is 12.7. The number of hydrogen-bond acceptors (Lipinski definition) is 5. The molecule has 0 bridgehead atoms. The average Bonchev–Trinajstić information content (AvgIpc) is 3.17. The predicted molar refractivity (Wildman–Crippen MR) is 108 cm³/mol. The minimum absolute atomic E-state index is 0.121. The third-order valence-corrected chi connectivity index (χ3v) is 4.97. The molecule has 0 fully saturated rings. The molecule has 1 aromatic carbocycles. The van der Waals surface area contributed by atoms with Gasteiger partial charge in [-0.3, -0.25) is 4.98 Å². The van der Waals surface area contributed by atoms with Gasteiger partial charge in [0, 0.05) is 24.6 Å². The van der Waals surface area contributed by atoms with E-state index in [1.807, 2.05) is 41.1 Å². The van der Waals surface area contributed by atoms with Crippen molar-refractivity contribution < 1.29 is 9.53 Å². The number of nitrogens with one attached hydrogen (secondary N) is 1. The summed E-state index contributed by atoms with van der Waals surface area (Å²) in [5.74, 6) is 0. The van der Waals surface area contributed by atoms with Crippen LogP contribution in [0, 0.1) is 0 Å². The molecule has 0 radical (unpaired) electrons. The number of hydrogen-bond donors (Lipinski definition) is 1. The van der Waals surface area contributed by atoms with Gasteiger partial charge in [0.25, 0.3) is 0 Å². The van der Waals surface area contributed by atoms with E-state index in [-0.39, 0.29) is 6.03 Å². The minimum Gasteiger partial charge on any atom is -0.370 e. The van der Waals surface area contributed by atoms with Crippen molar-refractivity contribution in [2.45, 2.75) is 39.6 Å². The van der Waals surface area contributed by atoms with Crippen LogP contribution in [0.15, 0.2) is 48.8 Å². The zero-order valence-corrected chi connectivity index (χ0v) is 16.4. The Morgan fingerprint density at radius 2 is 2.00 bits per heavy atom. The van der Waals surface area contributed by atoms with Gasteiger partial charge in [0.1, 0.15) is 5.69 Å². The van der Waals surface area contributed by atoms with Gasteiger partial charge in [0.15, 0.2) is 0 Å². The molecule has 0 atom stereocenters. The number of aryl methyl sites for hydroxylation is 1. The summed E-state index contributed by atoms with van der Waals surface area (Å²) in [6, 6.07) is 11.7. The molecule has 0 aliphatic carbocycles. The fourth-order valence-corrected chi connectivity index (χ4v) is 3.26. The van der Waals surface area contributed by atoms with E-state index >= 15 is 0 Å². The first-order valence-corrected chi connectivity index (χ1v) is 9.75. The molecule has 1 aliphatic heterocycles. The van der Waals surface area contributed by atoms with Crippen molar-refractivity contribution in [3.05, 3.63) is 71.3 Å². The van der Waals surface area contributed by atoms with Crippen molar-refractivity contribution in [2.75, 3.05) is 11.9 Å². The number of anilines is 1. The van der Waals surface area contributed by atoms with Crippen molar-refractivity contribution >= 4 is 11.7 Å². The summed E-state index contributed by atoms with van der Waals surface area (Å²) in [6.07, 6.45) is 4.49. The number of aromatic nitrogens is 4. The molecule has 2 aromatic heterocycles. The molecule has 0 saturated carbocycles. The summed E-state index contributed by atoms with van der Waals surface area (Å²) < 4.78 is 7.62. The molecule has 0 spiro atoms. The van der Waals surface area contributed by atoms with E-state index in [0.717, 1.165) is 29.1 Å². The smallest absolute Gasteiger partial charge is 0.322 e. The number of rotatable bonds is 6. The second-order valence-corrected chi connectivity index (χ2v) is 6.96. The second-order valence-electron chi connectivity index (χ2n) is 6.96. The van der Waals surface area contributed by atoms with E-state index < -0.39 is 0 Å². The molecule has 150 valence electrons. The predicted octanol–water partition coefficient (Wildman–Crippen LogP) is 3.00. The number of benzene rings is 1. The average molecular weight is 392 g/mol. The third kappa shape index (κ3) is 4.60. The topological polar surface area (TPSA) is 85.2 Å². The van der Waals surface area contributed by atoms with E-state index in [0.29, 0.717) is 32.8 Å². The van der Waals surface area contributed by atoms with Gasteiger partial charge in [-0.25, -0.2) is 9.48 Å². The Morgan fingerprint density at radius 3 is 2.76 bits per heavy atom. The zero-order chi connectivity index (χ0) is 20.1. The van der Waals surface area contributed by atoms with Crippen molar-refractivity contribution in [1.29, 1.82) is 0 Å². The van der Waals surface area contributed by atoms with Crippen LogP contribution in [0.4, 0.5) is 10.5 Å². The van der Waals surface area contributed by atoms with E-state index in [1.165, 1.54) is 5.56 Å². The Morgan fingerprint density at radius 1 is 1.14 bits per heavy atom. The van der Waals surface area contributed by atoms with Gasteiger partial charge in [-0.15, -0.1) is 5.10 Å². The standard InChI is InChI=1S/C21H24N6O2/c1-2-16-5-7-18(8-6-16)23-21(28)26-10-11-27-20(13-26)19(24-25-27)15-29-14-17-4-3-9-22-12-17/h3-9,12H,2,10-11,13-15H2,1H3,(H,23,28). The lowest BCUT2D eigenvalue weighted by Gasteiger charge is -2.28. The van der Waals surface area contributed by atoms with Crippen LogP contribution in [0.2, 0.25) is 0 Å². The first-order valence-electron chi connectivity index (χ1n) is 9.75. The Labute approximate surface area is 169 Å². The lowest BCUT2D eigenvalue weighted by Crippen LogP contribution is -2.41. The molecule has 1 aliphatic rings. The maximum absolute atomic E-state index is 12.7. The van der Waals surface area contributed by atoms with Gasteiger partial charge < -0.3 is 15.0 Å². The highest BCUT2D eigenvalue weighted by molar-refractivity contribution is 5.89. The highest BCUT2D eigenvalue weighted by Gasteiger charge is 2.25. The van der Waals surface area contributed by atoms with Crippen molar-refractivity contribution in [1.82, 2.24) is 24.9 Å². The van der Waals surface area contributed by atoms with Crippen molar-refractivity contribution in [3.63, 3.8) is 0 Å². The molecule has 8 nitrogen and oxygen atoms in total. The number of urea groups is 1. The minimum atomic E-state index is -0.121.